The van der Waals surface area contributed by atoms with Crippen molar-refractivity contribution in [2.45, 2.75) is 6.54 Å². The molecule has 7 heteroatoms. The van der Waals surface area contributed by atoms with Crippen LogP contribution >= 0.6 is 0 Å². The van der Waals surface area contributed by atoms with Gasteiger partial charge >= 0.3 is 0 Å². The largest absolute Gasteiger partial charge is 0.360 e. The number of nitrogens with one attached hydrogen (secondary N) is 3. The van der Waals surface area contributed by atoms with E-state index in [1.165, 1.54) is 17.7 Å². The number of rotatable bonds is 5. The second-order valence-corrected chi connectivity index (χ2v) is 7.21. The number of carbonyl (C=O) groups excluding carboxylic acids is 1. The maximum absolute atomic E-state index is 12.2. The van der Waals surface area contributed by atoms with Crippen LogP contribution in [0, 0.1) is 0 Å². The average molecular weight is 390 g/mol. The zero-order chi connectivity index (χ0) is 20.1. The Hall–Kier alpha value is -3.45. The van der Waals surface area contributed by atoms with Gasteiger partial charge in [-0.25, -0.2) is 5.10 Å². The summed E-state index contributed by atoms with van der Waals surface area (Å²) in [4.78, 5) is 27.2. The van der Waals surface area contributed by atoms with Crippen molar-refractivity contribution in [2.24, 2.45) is 0 Å². The van der Waals surface area contributed by atoms with E-state index >= 15 is 0 Å². The lowest BCUT2D eigenvalue weighted by molar-refractivity contribution is -0.914. The Labute approximate surface area is 169 Å². The molecule has 1 aliphatic heterocycles. The second-order valence-electron chi connectivity index (χ2n) is 7.21. The van der Waals surface area contributed by atoms with Crippen molar-refractivity contribution in [3.8, 4) is 0 Å². The molecule has 1 fully saturated rings. The Morgan fingerprint density at radius 2 is 1.72 bits per heavy atom. The molecule has 2 aromatic carbocycles. The second kappa shape index (κ2) is 8.70. The molecule has 3 N–H and O–H groups in total. The molecule has 1 saturated heterocycles. The normalized spacial score (nSPS) is 14.6. The van der Waals surface area contributed by atoms with E-state index in [4.69, 9.17) is 0 Å². The number of piperazine rings is 1. The number of quaternary nitrogens is 1. The molecule has 1 aromatic heterocycles. The van der Waals surface area contributed by atoms with E-state index < -0.39 is 0 Å². The minimum absolute atomic E-state index is 0.172. The van der Waals surface area contributed by atoms with E-state index in [9.17, 15) is 9.59 Å². The van der Waals surface area contributed by atoms with E-state index in [2.05, 4.69) is 50.7 Å². The summed E-state index contributed by atoms with van der Waals surface area (Å²) < 4.78 is 0. The number of hydrogen-bond donors (Lipinski definition) is 3. The minimum Gasteiger partial charge on any atom is -0.360 e. The van der Waals surface area contributed by atoms with Crippen LogP contribution in [0.3, 0.4) is 0 Å². The third-order valence-electron chi connectivity index (χ3n) is 5.17. The molecule has 4 rings (SSSR count). The molecule has 148 valence electrons. The zero-order valence-electron chi connectivity index (χ0n) is 16.1. The van der Waals surface area contributed by atoms with Crippen LogP contribution < -0.4 is 20.7 Å². The van der Waals surface area contributed by atoms with Gasteiger partial charge in [0.15, 0.2) is 0 Å². The summed E-state index contributed by atoms with van der Waals surface area (Å²) in [5.41, 5.74) is 3.07. The van der Waals surface area contributed by atoms with E-state index in [0.29, 0.717) is 5.69 Å². The van der Waals surface area contributed by atoms with Gasteiger partial charge in [-0.15, -0.1) is 0 Å². The van der Waals surface area contributed by atoms with Crippen LogP contribution in [0.2, 0.25) is 0 Å². The summed E-state index contributed by atoms with van der Waals surface area (Å²) in [5.74, 6) is -0.355. The fraction of sp³-hybridized carbons (Fsp3) is 0.227. The molecule has 0 radical (unpaired) electrons. The van der Waals surface area contributed by atoms with Crippen molar-refractivity contribution in [3.05, 3.63) is 88.3 Å². The van der Waals surface area contributed by atoms with Crippen LogP contribution in [0.15, 0.2) is 71.5 Å². The third-order valence-corrected chi connectivity index (χ3v) is 5.17. The highest BCUT2D eigenvalue weighted by molar-refractivity contribution is 6.02. The van der Waals surface area contributed by atoms with Gasteiger partial charge in [0, 0.05) is 23.0 Å². The summed E-state index contributed by atoms with van der Waals surface area (Å²) >= 11 is 0. The van der Waals surface area contributed by atoms with Crippen molar-refractivity contribution in [2.75, 3.05) is 36.4 Å². The maximum Gasteiger partial charge on any atom is 0.276 e. The fourth-order valence-corrected chi connectivity index (χ4v) is 3.56. The Kier molecular flexibility index (Phi) is 5.67. The SMILES string of the molecule is O=C(Nc1ccc(N2CC[NH+](Cc3ccccc3)CC2)cc1)c1ccc(=O)[nH]n1. The lowest BCUT2D eigenvalue weighted by atomic mass is 10.2. The number of benzene rings is 2. The highest BCUT2D eigenvalue weighted by Gasteiger charge is 2.20. The molecule has 7 nitrogen and oxygen atoms in total. The number of carbonyl (C=O) groups is 1. The van der Waals surface area contributed by atoms with Gasteiger partial charge in [0.1, 0.15) is 12.2 Å². The molecule has 1 amide bonds. The number of anilines is 2. The highest BCUT2D eigenvalue weighted by atomic mass is 16.2. The number of aromatic nitrogens is 2. The number of nitrogens with zero attached hydrogens (tertiary/aromatic N) is 2. The predicted octanol–water partition coefficient (Wildman–Crippen LogP) is 0.927. The highest BCUT2D eigenvalue weighted by Crippen LogP contribution is 2.18. The first-order chi connectivity index (χ1) is 14.2. The molecule has 0 spiro atoms. The number of aromatic amines is 1. The summed E-state index contributed by atoms with van der Waals surface area (Å²) in [6.07, 6.45) is 0. The van der Waals surface area contributed by atoms with Crippen molar-refractivity contribution >= 4 is 17.3 Å². The molecule has 0 aliphatic carbocycles. The quantitative estimate of drug-likeness (QED) is 0.605. The Bertz CT molecular complexity index is 989. The van der Waals surface area contributed by atoms with E-state index in [-0.39, 0.29) is 17.2 Å². The molecule has 0 atom stereocenters. The number of H-pyrrole nitrogens is 1. The Morgan fingerprint density at radius 3 is 2.38 bits per heavy atom. The topological polar surface area (TPSA) is 82.5 Å². The van der Waals surface area contributed by atoms with Gasteiger partial charge in [-0.1, -0.05) is 30.3 Å². The average Bonchev–Trinajstić information content (AvgIpc) is 2.76. The molecule has 0 saturated carbocycles. The fourth-order valence-electron chi connectivity index (χ4n) is 3.56. The van der Waals surface area contributed by atoms with Crippen LogP contribution in [0.5, 0.6) is 0 Å². The zero-order valence-corrected chi connectivity index (χ0v) is 16.1. The van der Waals surface area contributed by atoms with E-state index in [0.717, 1.165) is 38.4 Å². The molecule has 29 heavy (non-hydrogen) atoms. The van der Waals surface area contributed by atoms with Gasteiger partial charge in [-0.3, -0.25) is 9.59 Å². The predicted molar refractivity (Wildman–Crippen MR) is 112 cm³/mol. The van der Waals surface area contributed by atoms with Crippen LogP contribution in [-0.4, -0.2) is 42.3 Å². The lowest BCUT2D eigenvalue weighted by Gasteiger charge is -2.33. The van der Waals surface area contributed by atoms with Crippen molar-refractivity contribution < 1.29 is 9.69 Å². The number of hydrogen-bond acceptors (Lipinski definition) is 4. The van der Waals surface area contributed by atoms with E-state index in [1.54, 1.807) is 4.90 Å². The van der Waals surface area contributed by atoms with Gasteiger partial charge in [0.05, 0.1) is 26.2 Å². The maximum atomic E-state index is 12.2. The lowest BCUT2D eigenvalue weighted by Crippen LogP contribution is -3.13. The summed E-state index contributed by atoms with van der Waals surface area (Å²) in [6.45, 7) is 5.29. The Balaban J connectivity index is 1.31. The molecule has 0 bridgehead atoms. The smallest absolute Gasteiger partial charge is 0.276 e. The summed E-state index contributed by atoms with van der Waals surface area (Å²) in [7, 11) is 0. The van der Waals surface area contributed by atoms with Crippen molar-refractivity contribution in [3.63, 3.8) is 0 Å². The van der Waals surface area contributed by atoms with Crippen LogP contribution in [0.1, 0.15) is 16.1 Å². The summed E-state index contributed by atoms with van der Waals surface area (Å²) in [5, 5.41) is 8.80. The van der Waals surface area contributed by atoms with Gasteiger partial charge in [-0.2, -0.15) is 5.10 Å². The van der Waals surface area contributed by atoms with Crippen LogP contribution in [0.4, 0.5) is 11.4 Å². The van der Waals surface area contributed by atoms with E-state index in [1.807, 2.05) is 24.3 Å². The standard InChI is InChI=1S/C22H23N5O2/c28-21-11-10-20(24-25-21)22(29)23-18-6-8-19(9-7-18)27-14-12-26(13-15-27)16-17-4-2-1-3-5-17/h1-11H,12-16H2,(H,23,29)(H,25,28)/p+1. The van der Waals surface area contributed by atoms with Gasteiger partial charge < -0.3 is 15.1 Å². The molecule has 0 unspecified atom stereocenters. The first-order valence-corrected chi connectivity index (χ1v) is 9.77. The molecule has 1 aliphatic rings. The monoisotopic (exact) mass is 390 g/mol. The first kappa shape index (κ1) is 18.9. The molecular weight excluding hydrogens is 366 g/mol. The van der Waals surface area contributed by atoms with Crippen molar-refractivity contribution in [1.82, 2.24) is 10.2 Å². The first-order valence-electron chi connectivity index (χ1n) is 9.77. The minimum atomic E-state index is -0.355. The summed E-state index contributed by atoms with van der Waals surface area (Å²) in [6, 6.07) is 21.1. The van der Waals surface area contributed by atoms with Gasteiger partial charge in [0.2, 0.25) is 0 Å². The molecule has 2 heterocycles. The molecular formula is C22H24N5O2+. The van der Waals surface area contributed by atoms with Gasteiger partial charge in [0.25, 0.3) is 11.5 Å². The van der Waals surface area contributed by atoms with Gasteiger partial charge in [-0.05, 0) is 30.3 Å². The Morgan fingerprint density at radius 1 is 1.00 bits per heavy atom. The van der Waals surface area contributed by atoms with Crippen molar-refractivity contribution in [1.29, 1.82) is 0 Å². The van der Waals surface area contributed by atoms with Crippen LogP contribution in [0.25, 0.3) is 0 Å². The molecule has 3 aromatic rings. The number of amides is 1. The third kappa shape index (κ3) is 4.89. The van der Waals surface area contributed by atoms with Crippen LogP contribution in [-0.2, 0) is 6.54 Å².